The Hall–Kier alpha value is -1.61. The molecule has 17 heavy (non-hydrogen) atoms. The van der Waals surface area contributed by atoms with Crippen molar-refractivity contribution < 1.29 is 14.3 Å². The minimum Gasteiger partial charge on any atom is -0.432 e. The third-order valence-corrected chi connectivity index (χ3v) is 2.14. The molecule has 0 aromatic heterocycles. The molecule has 0 N–H and O–H groups in total. The fourth-order valence-corrected chi connectivity index (χ4v) is 1.25. The van der Waals surface area contributed by atoms with Gasteiger partial charge < -0.3 is 9.47 Å². The lowest BCUT2D eigenvalue weighted by atomic mass is 10.2. The minimum absolute atomic E-state index is 0.263. The lowest BCUT2D eigenvalue weighted by Gasteiger charge is -2.14. The van der Waals surface area contributed by atoms with Crippen molar-refractivity contribution >= 4 is 5.97 Å². The molecule has 0 heterocycles. The highest BCUT2D eigenvalue weighted by molar-refractivity contribution is 5.69. The van der Waals surface area contributed by atoms with E-state index in [2.05, 4.69) is 0 Å². The summed E-state index contributed by atoms with van der Waals surface area (Å²) in [5, 5.41) is 0. The quantitative estimate of drug-likeness (QED) is 0.431. The molecule has 0 aliphatic rings. The average molecular weight is 234 g/mol. The molecule has 0 aliphatic carbocycles. The Morgan fingerprint density at radius 1 is 1.35 bits per heavy atom. The highest BCUT2D eigenvalue weighted by atomic mass is 16.7. The van der Waals surface area contributed by atoms with Gasteiger partial charge in [-0.05, 0) is 18.6 Å². The third-order valence-electron chi connectivity index (χ3n) is 2.14. The first-order valence-corrected chi connectivity index (χ1v) is 5.74. The second kappa shape index (κ2) is 7.63. The van der Waals surface area contributed by atoms with Crippen LogP contribution in [0.5, 0.6) is 0 Å². The van der Waals surface area contributed by atoms with Crippen molar-refractivity contribution in [1.29, 1.82) is 0 Å². The van der Waals surface area contributed by atoms with E-state index in [4.69, 9.17) is 9.47 Å². The van der Waals surface area contributed by atoms with Crippen molar-refractivity contribution in [3.05, 3.63) is 48.0 Å². The van der Waals surface area contributed by atoms with Crippen molar-refractivity contribution in [2.45, 2.75) is 33.2 Å². The van der Waals surface area contributed by atoms with Gasteiger partial charge in [-0.3, -0.25) is 4.79 Å². The molecule has 0 saturated heterocycles. The van der Waals surface area contributed by atoms with Crippen LogP contribution in [-0.4, -0.2) is 12.3 Å². The van der Waals surface area contributed by atoms with Gasteiger partial charge in [0.2, 0.25) is 6.29 Å². The van der Waals surface area contributed by atoms with Crippen LogP contribution in [0.15, 0.2) is 42.5 Å². The van der Waals surface area contributed by atoms with Crippen LogP contribution in [0.25, 0.3) is 0 Å². The van der Waals surface area contributed by atoms with E-state index < -0.39 is 6.29 Å². The van der Waals surface area contributed by atoms with Crippen LogP contribution in [0, 0.1) is 0 Å². The first kappa shape index (κ1) is 13.5. The van der Waals surface area contributed by atoms with E-state index in [0.717, 1.165) is 5.56 Å². The van der Waals surface area contributed by atoms with Crippen LogP contribution >= 0.6 is 0 Å². The third kappa shape index (κ3) is 5.31. The first-order chi connectivity index (χ1) is 8.26. The van der Waals surface area contributed by atoms with Crippen molar-refractivity contribution in [1.82, 2.24) is 0 Å². The summed E-state index contributed by atoms with van der Waals surface area (Å²) in [5.41, 5.74) is 1.05. The number of rotatable bonds is 6. The highest BCUT2D eigenvalue weighted by Gasteiger charge is 2.09. The van der Waals surface area contributed by atoms with Crippen molar-refractivity contribution in [3.63, 3.8) is 0 Å². The van der Waals surface area contributed by atoms with Crippen LogP contribution < -0.4 is 0 Å². The summed E-state index contributed by atoms with van der Waals surface area (Å²) in [6.07, 6.45) is 3.27. The van der Waals surface area contributed by atoms with E-state index in [1.165, 1.54) is 0 Å². The number of benzene rings is 1. The molecule has 3 heteroatoms. The van der Waals surface area contributed by atoms with Gasteiger partial charge in [0.1, 0.15) is 0 Å². The second-order valence-corrected chi connectivity index (χ2v) is 3.53. The predicted molar refractivity (Wildman–Crippen MR) is 66.2 cm³/mol. The monoisotopic (exact) mass is 234 g/mol. The fourth-order valence-electron chi connectivity index (χ4n) is 1.25. The smallest absolute Gasteiger partial charge is 0.308 e. The maximum absolute atomic E-state index is 11.2. The van der Waals surface area contributed by atoms with E-state index in [1.807, 2.05) is 37.3 Å². The van der Waals surface area contributed by atoms with E-state index in [9.17, 15) is 4.79 Å². The Kier molecular flexibility index (Phi) is 6.04. The molecule has 1 unspecified atom stereocenters. The van der Waals surface area contributed by atoms with Gasteiger partial charge in [-0.25, -0.2) is 0 Å². The van der Waals surface area contributed by atoms with E-state index in [1.54, 1.807) is 19.1 Å². The lowest BCUT2D eigenvalue weighted by Crippen LogP contribution is -2.18. The zero-order valence-corrected chi connectivity index (χ0v) is 10.3. The molecule has 1 atom stereocenters. The number of hydrogen-bond donors (Lipinski definition) is 0. The van der Waals surface area contributed by atoms with Gasteiger partial charge in [-0.1, -0.05) is 43.3 Å². The van der Waals surface area contributed by atoms with Gasteiger partial charge in [0.05, 0.1) is 6.61 Å². The summed E-state index contributed by atoms with van der Waals surface area (Å²) in [7, 11) is 0. The SMILES string of the molecule is C/C=C\C(OCc1ccccc1)OC(=O)CC. The molecule has 0 aliphatic heterocycles. The number of carbonyl (C=O) groups is 1. The Bertz CT molecular complexity index is 357. The Labute approximate surface area is 102 Å². The number of hydrogen-bond acceptors (Lipinski definition) is 3. The number of ether oxygens (including phenoxy) is 2. The van der Waals surface area contributed by atoms with Crippen molar-refractivity contribution in [3.8, 4) is 0 Å². The molecule has 3 nitrogen and oxygen atoms in total. The Morgan fingerprint density at radius 3 is 2.65 bits per heavy atom. The lowest BCUT2D eigenvalue weighted by molar-refractivity contribution is -0.170. The molecule has 0 radical (unpaired) electrons. The molecular weight excluding hydrogens is 216 g/mol. The van der Waals surface area contributed by atoms with Gasteiger partial charge in [0.25, 0.3) is 0 Å². The normalized spacial score (nSPS) is 12.6. The molecule has 0 fully saturated rings. The van der Waals surface area contributed by atoms with E-state index in [0.29, 0.717) is 13.0 Å². The van der Waals surface area contributed by atoms with Gasteiger partial charge in [0.15, 0.2) is 0 Å². The van der Waals surface area contributed by atoms with Gasteiger partial charge in [-0.2, -0.15) is 0 Å². The maximum atomic E-state index is 11.2. The molecule has 1 aromatic rings. The minimum atomic E-state index is -0.604. The maximum Gasteiger partial charge on any atom is 0.308 e. The summed E-state index contributed by atoms with van der Waals surface area (Å²) in [4.78, 5) is 11.2. The zero-order valence-electron chi connectivity index (χ0n) is 10.3. The van der Waals surface area contributed by atoms with Crippen LogP contribution in [0.1, 0.15) is 25.8 Å². The summed E-state index contributed by atoms with van der Waals surface area (Å²) in [6.45, 7) is 4.04. The van der Waals surface area contributed by atoms with Crippen LogP contribution in [0.4, 0.5) is 0 Å². The van der Waals surface area contributed by atoms with Gasteiger partial charge >= 0.3 is 5.97 Å². The molecule has 0 amide bonds. The summed E-state index contributed by atoms with van der Waals surface area (Å²) >= 11 is 0. The van der Waals surface area contributed by atoms with Gasteiger partial charge in [-0.15, -0.1) is 0 Å². The standard InChI is InChI=1S/C14H18O3/c1-3-8-14(17-13(15)4-2)16-11-12-9-6-5-7-10-12/h3,5-10,14H,4,11H2,1-2H3/b8-3-. The van der Waals surface area contributed by atoms with Crippen molar-refractivity contribution in [2.24, 2.45) is 0 Å². The van der Waals surface area contributed by atoms with Gasteiger partial charge in [0, 0.05) is 6.42 Å². The fraction of sp³-hybridized carbons (Fsp3) is 0.357. The van der Waals surface area contributed by atoms with Crippen LogP contribution in [0.3, 0.4) is 0 Å². The molecule has 0 bridgehead atoms. The first-order valence-electron chi connectivity index (χ1n) is 5.74. The molecular formula is C14H18O3. The van der Waals surface area contributed by atoms with Crippen LogP contribution in [-0.2, 0) is 20.9 Å². The second-order valence-electron chi connectivity index (χ2n) is 3.53. The Balaban J connectivity index is 2.47. The number of carbonyl (C=O) groups excluding carboxylic acids is 1. The van der Waals surface area contributed by atoms with Crippen molar-refractivity contribution in [2.75, 3.05) is 0 Å². The number of allylic oxidation sites excluding steroid dienone is 1. The molecule has 92 valence electrons. The molecule has 0 spiro atoms. The van der Waals surface area contributed by atoms with E-state index in [-0.39, 0.29) is 5.97 Å². The van der Waals surface area contributed by atoms with E-state index >= 15 is 0 Å². The average Bonchev–Trinajstić information content (AvgIpc) is 2.37. The molecule has 0 saturated carbocycles. The predicted octanol–water partition coefficient (Wildman–Crippen LogP) is 3.06. The topological polar surface area (TPSA) is 35.5 Å². The number of esters is 1. The molecule has 1 rings (SSSR count). The van der Waals surface area contributed by atoms with Crippen LogP contribution in [0.2, 0.25) is 0 Å². The molecule has 1 aromatic carbocycles. The zero-order chi connectivity index (χ0) is 12.5. The summed E-state index contributed by atoms with van der Waals surface area (Å²) < 4.78 is 10.6. The summed E-state index contributed by atoms with van der Waals surface area (Å²) in [6, 6.07) is 9.77. The largest absolute Gasteiger partial charge is 0.432 e. The Morgan fingerprint density at radius 2 is 2.06 bits per heavy atom. The summed E-state index contributed by atoms with van der Waals surface area (Å²) in [5.74, 6) is -0.263. The highest BCUT2D eigenvalue weighted by Crippen LogP contribution is 2.06.